The van der Waals surface area contributed by atoms with Crippen LogP contribution < -0.4 is 0 Å². The van der Waals surface area contributed by atoms with Gasteiger partial charge in [-0.15, -0.1) is 0 Å². The minimum atomic E-state index is -0.225. The molecule has 0 unspecified atom stereocenters. The maximum atomic E-state index is 11.2. The summed E-state index contributed by atoms with van der Waals surface area (Å²) in [6, 6.07) is 20.2. The van der Waals surface area contributed by atoms with E-state index in [1.807, 2.05) is 36.4 Å². The zero-order chi connectivity index (χ0) is 13.5. The second-order valence-corrected chi connectivity index (χ2v) is 4.61. The van der Waals surface area contributed by atoms with E-state index in [1.54, 1.807) is 0 Å². The highest BCUT2D eigenvalue weighted by Gasteiger charge is 2.13. The van der Waals surface area contributed by atoms with Gasteiger partial charge in [-0.25, -0.2) is 0 Å². The molecule has 0 atom stereocenters. The molecule has 0 fully saturated rings. The zero-order valence-corrected chi connectivity index (χ0v) is 11.1. The summed E-state index contributed by atoms with van der Waals surface area (Å²) in [5.41, 5.74) is 2.37. The maximum absolute atomic E-state index is 11.2. The fourth-order valence-corrected chi connectivity index (χ4v) is 2.14. The molecule has 2 nitrogen and oxygen atoms in total. The van der Waals surface area contributed by atoms with Gasteiger partial charge in [0.25, 0.3) is 0 Å². The summed E-state index contributed by atoms with van der Waals surface area (Å²) < 4.78 is 5.42. The summed E-state index contributed by atoms with van der Waals surface area (Å²) >= 11 is 0. The SMILES string of the molecule is CC(=O)OC(Cc1ccccc1)Cc1ccccc1. The Hall–Kier alpha value is -2.09. The molecule has 98 valence electrons. The Morgan fingerprint density at radius 1 is 0.895 bits per heavy atom. The van der Waals surface area contributed by atoms with Crippen molar-refractivity contribution in [2.24, 2.45) is 0 Å². The van der Waals surface area contributed by atoms with Crippen molar-refractivity contribution in [3.05, 3.63) is 71.8 Å². The number of carbonyl (C=O) groups is 1. The molecular weight excluding hydrogens is 236 g/mol. The standard InChI is InChI=1S/C17H18O2/c1-14(18)19-17(12-15-8-4-2-5-9-15)13-16-10-6-3-7-11-16/h2-11,17H,12-13H2,1H3. The molecule has 0 saturated heterocycles. The van der Waals surface area contributed by atoms with Gasteiger partial charge in [-0.3, -0.25) is 4.79 Å². The second-order valence-electron chi connectivity index (χ2n) is 4.61. The predicted octanol–water partition coefficient (Wildman–Crippen LogP) is 3.40. The van der Waals surface area contributed by atoms with E-state index in [9.17, 15) is 4.79 Å². The fourth-order valence-electron chi connectivity index (χ4n) is 2.14. The first-order chi connectivity index (χ1) is 9.24. The van der Waals surface area contributed by atoms with E-state index >= 15 is 0 Å². The third kappa shape index (κ3) is 4.59. The van der Waals surface area contributed by atoms with Gasteiger partial charge < -0.3 is 4.74 Å². The van der Waals surface area contributed by atoms with Crippen molar-refractivity contribution >= 4 is 5.97 Å². The number of benzene rings is 2. The third-order valence-electron chi connectivity index (χ3n) is 2.95. The minimum absolute atomic E-state index is 0.109. The van der Waals surface area contributed by atoms with Crippen LogP contribution in [-0.2, 0) is 22.4 Å². The molecule has 2 aromatic rings. The summed E-state index contributed by atoms with van der Waals surface area (Å²) in [7, 11) is 0. The van der Waals surface area contributed by atoms with Crippen molar-refractivity contribution in [1.29, 1.82) is 0 Å². The Kier molecular flexibility index (Phi) is 4.73. The van der Waals surface area contributed by atoms with Crippen LogP contribution in [-0.4, -0.2) is 12.1 Å². The average Bonchev–Trinajstić information content (AvgIpc) is 2.40. The van der Waals surface area contributed by atoms with Gasteiger partial charge in [0.2, 0.25) is 0 Å². The lowest BCUT2D eigenvalue weighted by molar-refractivity contribution is -0.146. The van der Waals surface area contributed by atoms with Gasteiger partial charge in [0, 0.05) is 19.8 Å². The van der Waals surface area contributed by atoms with Crippen molar-refractivity contribution in [2.75, 3.05) is 0 Å². The van der Waals surface area contributed by atoms with Crippen LogP contribution in [0, 0.1) is 0 Å². The summed E-state index contributed by atoms with van der Waals surface area (Å²) in [4.78, 5) is 11.2. The molecule has 2 aromatic carbocycles. The van der Waals surface area contributed by atoms with E-state index in [2.05, 4.69) is 24.3 Å². The molecule has 0 bridgehead atoms. The number of carbonyl (C=O) groups excluding carboxylic acids is 1. The fraction of sp³-hybridized carbons (Fsp3) is 0.235. The first kappa shape index (κ1) is 13.3. The molecule has 0 heterocycles. The average molecular weight is 254 g/mol. The van der Waals surface area contributed by atoms with Gasteiger partial charge in [0.05, 0.1) is 0 Å². The third-order valence-corrected chi connectivity index (χ3v) is 2.95. The van der Waals surface area contributed by atoms with Crippen molar-refractivity contribution < 1.29 is 9.53 Å². The lowest BCUT2D eigenvalue weighted by Gasteiger charge is -2.17. The molecule has 2 rings (SSSR count). The van der Waals surface area contributed by atoms with Gasteiger partial charge in [0.1, 0.15) is 6.10 Å². The van der Waals surface area contributed by atoms with Crippen LogP contribution >= 0.6 is 0 Å². The monoisotopic (exact) mass is 254 g/mol. The molecule has 0 N–H and O–H groups in total. The van der Waals surface area contributed by atoms with Crippen molar-refractivity contribution in [3.8, 4) is 0 Å². The number of hydrogen-bond acceptors (Lipinski definition) is 2. The predicted molar refractivity (Wildman–Crippen MR) is 75.8 cm³/mol. The summed E-state index contributed by atoms with van der Waals surface area (Å²) in [6.07, 6.45) is 1.38. The highest BCUT2D eigenvalue weighted by atomic mass is 16.5. The van der Waals surface area contributed by atoms with Gasteiger partial charge in [0.15, 0.2) is 0 Å². The lowest BCUT2D eigenvalue weighted by atomic mass is 10.0. The van der Waals surface area contributed by atoms with Gasteiger partial charge >= 0.3 is 5.97 Å². The van der Waals surface area contributed by atoms with E-state index in [1.165, 1.54) is 18.1 Å². The van der Waals surface area contributed by atoms with Gasteiger partial charge in [-0.2, -0.15) is 0 Å². The second kappa shape index (κ2) is 6.74. The van der Waals surface area contributed by atoms with Crippen LogP contribution in [0.1, 0.15) is 18.1 Å². The van der Waals surface area contributed by atoms with Gasteiger partial charge in [-0.1, -0.05) is 60.7 Å². The molecule has 0 amide bonds. The Bertz CT molecular complexity index is 464. The highest BCUT2D eigenvalue weighted by molar-refractivity contribution is 5.66. The van der Waals surface area contributed by atoms with E-state index in [-0.39, 0.29) is 12.1 Å². The minimum Gasteiger partial charge on any atom is -0.462 e. The first-order valence-corrected chi connectivity index (χ1v) is 6.49. The van der Waals surface area contributed by atoms with Crippen LogP contribution in [0.4, 0.5) is 0 Å². The Morgan fingerprint density at radius 3 is 1.68 bits per heavy atom. The van der Waals surface area contributed by atoms with E-state index in [4.69, 9.17) is 4.74 Å². The molecule has 0 aromatic heterocycles. The molecule has 0 spiro atoms. The molecule has 19 heavy (non-hydrogen) atoms. The van der Waals surface area contributed by atoms with Crippen LogP contribution in [0.15, 0.2) is 60.7 Å². The zero-order valence-electron chi connectivity index (χ0n) is 11.1. The van der Waals surface area contributed by atoms with Crippen LogP contribution in [0.25, 0.3) is 0 Å². The summed E-state index contributed by atoms with van der Waals surface area (Å²) in [5, 5.41) is 0. The van der Waals surface area contributed by atoms with Crippen LogP contribution in [0.3, 0.4) is 0 Å². The molecule has 0 radical (unpaired) electrons. The van der Waals surface area contributed by atoms with E-state index < -0.39 is 0 Å². The Labute approximate surface area is 114 Å². The van der Waals surface area contributed by atoms with Crippen molar-refractivity contribution in [3.63, 3.8) is 0 Å². The normalized spacial score (nSPS) is 10.4. The first-order valence-electron chi connectivity index (χ1n) is 6.49. The highest BCUT2D eigenvalue weighted by Crippen LogP contribution is 2.12. The quantitative estimate of drug-likeness (QED) is 0.764. The smallest absolute Gasteiger partial charge is 0.302 e. The molecule has 2 heteroatoms. The molecular formula is C17H18O2. The number of esters is 1. The summed E-state index contributed by atoms with van der Waals surface area (Å²) in [5.74, 6) is -0.225. The van der Waals surface area contributed by atoms with Crippen LogP contribution in [0.2, 0.25) is 0 Å². The van der Waals surface area contributed by atoms with E-state index in [0.717, 1.165) is 12.8 Å². The molecule has 0 aliphatic rings. The number of hydrogen-bond donors (Lipinski definition) is 0. The topological polar surface area (TPSA) is 26.3 Å². The van der Waals surface area contributed by atoms with Crippen molar-refractivity contribution in [2.45, 2.75) is 25.9 Å². The molecule has 0 aliphatic heterocycles. The Balaban J connectivity index is 2.06. The largest absolute Gasteiger partial charge is 0.462 e. The van der Waals surface area contributed by atoms with Crippen LogP contribution in [0.5, 0.6) is 0 Å². The van der Waals surface area contributed by atoms with E-state index in [0.29, 0.717) is 0 Å². The molecule has 0 saturated carbocycles. The van der Waals surface area contributed by atoms with Crippen molar-refractivity contribution in [1.82, 2.24) is 0 Å². The number of rotatable bonds is 5. The lowest BCUT2D eigenvalue weighted by Crippen LogP contribution is -2.21. The molecule has 0 aliphatic carbocycles. The Morgan fingerprint density at radius 2 is 1.32 bits per heavy atom. The number of ether oxygens (including phenoxy) is 1. The maximum Gasteiger partial charge on any atom is 0.302 e. The van der Waals surface area contributed by atoms with Gasteiger partial charge in [-0.05, 0) is 11.1 Å². The summed E-state index contributed by atoms with van der Waals surface area (Å²) in [6.45, 7) is 1.46.